The van der Waals surface area contributed by atoms with Gasteiger partial charge in [-0.25, -0.2) is 9.98 Å². The molecule has 0 aliphatic carbocycles. The van der Waals surface area contributed by atoms with Crippen LogP contribution in [0.1, 0.15) is 33.3 Å². The Labute approximate surface area is 138 Å². The minimum atomic E-state index is -0.0278. The lowest BCUT2D eigenvalue weighted by Crippen LogP contribution is -2.47. The second-order valence-electron chi connectivity index (χ2n) is 5.24. The van der Waals surface area contributed by atoms with Crippen molar-refractivity contribution in [1.82, 2.24) is 15.6 Å². The molecule has 114 valence electrons. The number of methoxy groups -OCH3 is 1. The zero-order chi connectivity index (χ0) is 14.3. The van der Waals surface area contributed by atoms with Crippen molar-refractivity contribution in [3.8, 4) is 5.88 Å². The van der Waals surface area contributed by atoms with Gasteiger partial charge in [0.15, 0.2) is 5.96 Å². The number of aliphatic imine (C=N–C) groups is 1. The molecule has 0 spiro atoms. The van der Waals surface area contributed by atoms with E-state index in [1.165, 1.54) is 0 Å². The molecule has 2 N–H and O–H groups in total. The van der Waals surface area contributed by atoms with Crippen LogP contribution in [-0.2, 0) is 6.54 Å². The molecule has 0 amide bonds. The van der Waals surface area contributed by atoms with Gasteiger partial charge in [0.05, 0.1) is 13.7 Å². The average Bonchev–Trinajstić information content (AvgIpc) is 2.35. The molecule has 0 aliphatic heterocycles. The fraction of sp³-hybridized carbons (Fsp3) is 0.571. The molecule has 0 aliphatic rings. The summed E-state index contributed by atoms with van der Waals surface area (Å²) >= 11 is 0. The summed E-state index contributed by atoms with van der Waals surface area (Å²) in [7, 11) is 1.62. The summed E-state index contributed by atoms with van der Waals surface area (Å²) in [6.07, 6.45) is 1.71. The highest BCUT2D eigenvalue weighted by molar-refractivity contribution is 14.0. The van der Waals surface area contributed by atoms with Crippen LogP contribution in [0.4, 0.5) is 0 Å². The number of nitrogens with one attached hydrogen (secondary N) is 2. The largest absolute Gasteiger partial charge is 0.481 e. The fourth-order valence-electron chi connectivity index (χ4n) is 1.55. The van der Waals surface area contributed by atoms with Gasteiger partial charge in [-0.05, 0) is 33.8 Å². The van der Waals surface area contributed by atoms with Crippen LogP contribution in [0, 0.1) is 0 Å². The molecule has 1 rings (SSSR count). The lowest BCUT2D eigenvalue weighted by Gasteiger charge is -2.23. The van der Waals surface area contributed by atoms with Crippen molar-refractivity contribution < 1.29 is 4.74 Å². The summed E-state index contributed by atoms with van der Waals surface area (Å²) in [4.78, 5) is 8.72. The predicted molar refractivity (Wildman–Crippen MR) is 93.9 cm³/mol. The Balaban J connectivity index is 0.00000361. The molecule has 0 saturated carbocycles. The molecular formula is C14H25IN4O. The highest BCUT2D eigenvalue weighted by Gasteiger charge is 2.12. The number of rotatable bonds is 4. The Morgan fingerprint density at radius 2 is 2.10 bits per heavy atom. The molecule has 1 heterocycles. The van der Waals surface area contributed by atoms with Crippen LogP contribution < -0.4 is 15.4 Å². The maximum atomic E-state index is 5.22. The van der Waals surface area contributed by atoms with Crippen LogP contribution in [0.3, 0.4) is 0 Å². The van der Waals surface area contributed by atoms with E-state index >= 15 is 0 Å². The predicted octanol–water partition coefficient (Wildman–Crippen LogP) is 2.56. The molecule has 20 heavy (non-hydrogen) atoms. The number of halogens is 1. The number of nitrogens with zero attached hydrogens (tertiary/aromatic N) is 2. The zero-order valence-electron chi connectivity index (χ0n) is 12.9. The van der Waals surface area contributed by atoms with Crippen molar-refractivity contribution in [2.45, 2.75) is 39.8 Å². The van der Waals surface area contributed by atoms with E-state index in [2.05, 4.69) is 41.4 Å². The molecule has 1 aromatic heterocycles. The number of aromatic nitrogens is 1. The van der Waals surface area contributed by atoms with Gasteiger partial charge in [-0.1, -0.05) is 6.07 Å². The van der Waals surface area contributed by atoms with Crippen LogP contribution in [0.25, 0.3) is 0 Å². The number of guanidine groups is 1. The van der Waals surface area contributed by atoms with E-state index in [1.54, 1.807) is 13.3 Å². The first kappa shape index (κ1) is 18.9. The Hall–Kier alpha value is -1.05. The second kappa shape index (κ2) is 8.99. The van der Waals surface area contributed by atoms with Crippen molar-refractivity contribution >= 4 is 29.9 Å². The minimum Gasteiger partial charge on any atom is -0.481 e. The first-order valence-electron chi connectivity index (χ1n) is 6.50. The van der Waals surface area contributed by atoms with Gasteiger partial charge in [-0.3, -0.25) is 0 Å². The van der Waals surface area contributed by atoms with E-state index in [1.807, 2.05) is 19.1 Å². The Bertz CT molecular complexity index is 429. The Morgan fingerprint density at radius 3 is 2.65 bits per heavy atom. The standard InChI is InChI=1S/C14H24N4O.HI/c1-6-15-13(18-14(2,3)4)17-10-11-8-7-9-16-12(11)19-5;/h7-9H,6,10H2,1-5H3,(H2,15,17,18);1H. The Morgan fingerprint density at radius 1 is 1.40 bits per heavy atom. The molecule has 0 fully saturated rings. The topological polar surface area (TPSA) is 58.5 Å². The smallest absolute Gasteiger partial charge is 0.218 e. The van der Waals surface area contributed by atoms with E-state index in [9.17, 15) is 0 Å². The summed E-state index contributed by atoms with van der Waals surface area (Å²) in [5, 5.41) is 6.57. The molecule has 0 radical (unpaired) electrons. The van der Waals surface area contributed by atoms with Gasteiger partial charge in [0, 0.05) is 23.8 Å². The van der Waals surface area contributed by atoms with Gasteiger partial charge in [0.1, 0.15) is 0 Å². The van der Waals surface area contributed by atoms with Gasteiger partial charge in [-0.2, -0.15) is 0 Å². The monoisotopic (exact) mass is 392 g/mol. The van der Waals surface area contributed by atoms with Crippen molar-refractivity contribution in [3.05, 3.63) is 23.9 Å². The summed E-state index contributed by atoms with van der Waals surface area (Å²) in [6, 6.07) is 3.85. The maximum Gasteiger partial charge on any atom is 0.218 e. The molecule has 0 bridgehead atoms. The fourth-order valence-corrected chi connectivity index (χ4v) is 1.55. The van der Waals surface area contributed by atoms with Gasteiger partial charge >= 0.3 is 0 Å². The summed E-state index contributed by atoms with van der Waals surface area (Å²) in [5.74, 6) is 1.42. The highest BCUT2D eigenvalue weighted by atomic mass is 127. The van der Waals surface area contributed by atoms with Crippen molar-refractivity contribution in [2.75, 3.05) is 13.7 Å². The number of hydrogen-bond donors (Lipinski definition) is 2. The van der Waals surface area contributed by atoms with Gasteiger partial charge in [-0.15, -0.1) is 24.0 Å². The minimum absolute atomic E-state index is 0. The molecule has 6 heteroatoms. The van der Waals surface area contributed by atoms with Crippen molar-refractivity contribution in [3.63, 3.8) is 0 Å². The average molecular weight is 392 g/mol. The van der Waals surface area contributed by atoms with Crippen LogP contribution in [0.5, 0.6) is 5.88 Å². The number of hydrogen-bond acceptors (Lipinski definition) is 3. The van der Waals surface area contributed by atoms with Crippen LogP contribution in [0.15, 0.2) is 23.3 Å². The molecule has 0 saturated heterocycles. The third-order valence-electron chi connectivity index (χ3n) is 2.29. The molecule has 5 nitrogen and oxygen atoms in total. The second-order valence-corrected chi connectivity index (χ2v) is 5.24. The first-order valence-corrected chi connectivity index (χ1v) is 6.50. The van der Waals surface area contributed by atoms with Crippen LogP contribution in [0.2, 0.25) is 0 Å². The first-order chi connectivity index (χ1) is 8.96. The molecule has 0 aromatic carbocycles. The van der Waals surface area contributed by atoms with E-state index in [0.29, 0.717) is 12.4 Å². The van der Waals surface area contributed by atoms with E-state index < -0.39 is 0 Å². The third-order valence-corrected chi connectivity index (χ3v) is 2.29. The van der Waals surface area contributed by atoms with Gasteiger partial charge < -0.3 is 15.4 Å². The number of ether oxygens (including phenoxy) is 1. The lowest BCUT2D eigenvalue weighted by molar-refractivity contribution is 0.392. The summed E-state index contributed by atoms with van der Waals surface area (Å²) < 4.78 is 5.22. The Kier molecular flexibility index (Phi) is 8.52. The van der Waals surface area contributed by atoms with E-state index in [4.69, 9.17) is 4.74 Å². The third kappa shape index (κ3) is 6.93. The van der Waals surface area contributed by atoms with Gasteiger partial charge in [0.2, 0.25) is 5.88 Å². The zero-order valence-corrected chi connectivity index (χ0v) is 15.2. The van der Waals surface area contributed by atoms with Gasteiger partial charge in [0.25, 0.3) is 0 Å². The molecule has 0 unspecified atom stereocenters. The van der Waals surface area contributed by atoms with E-state index in [-0.39, 0.29) is 29.5 Å². The van der Waals surface area contributed by atoms with Crippen molar-refractivity contribution in [2.24, 2.45) is 4.99 Å². The maximum absolute atomic E-state index is 5.22. The van der Waals surface area contributed by atoms with E-state index in [0.717, 1.165) is 18.1 Å². The lowest BCUT2D eigenvalue weighted by atomic mass is 10.1. The molecular weight excluding hydrogens is 367 g/mol. The summed E-state index contributed by atoms with van der Waals surface area (Å²) in [5.41, 5.74) is 0.941. The highest BCUT2D eigenvalue weighted by Crippen LogP contribution is 2.14. The molecule has 1 aromatic rings. The van der Waals surface area contributed by atoms with Crippen LogP contribution in [-0.4, -0.2) is 30.1 Å². The molecule has 0 atom stereocenters. The SMILES string of the molecule is CCNC(=NCc1cccnc1OC)NC(C)(C)C.I. The normalized spacial score (nSPS) is 11.6. The quantitative estimate of drug-likeness (QED) is 0.470. The summed E-state index contributed by atoms with van der Waals surface area (Å²) in [6.45, 7) is 9.71. The van der Waals surface area contributed by atoms with Crippen LogP contribution >= 0.6 is 24.0 Å². The van der Waals surface area contributed by atoms with Crippen molar-refractivity contribution in [1.29, 1.82) is 0 Å². The number of pyridine rings is 1.